The third-order valence-electron chi connectivity index (χ3n) is 14.5. The van der Waals surface area contributed by atoms with Gasteiger partial charge in [0.1, 0.15) is 49.3 Å². The Labute approximate surface area is 349 Å². The quantitative estimate of drug-likeness (QED) is 0.132. The highest BCUT2D eigenvalue weighted by atomic mass is 16.7. The summed E-state index contributed by atoms with van der Waals surface area (Å²) in [7, 11) is 1.15. The van der Waals surface area contributed by atoms with Crippen LogP contribution in [0.5, 0.6) is 0 Å². The lowest BCUT2D eigenvalue weighted by Crippen LogP contribution is -2.67. The number of carboxylic acids is 1. The Morgan fingerprint density at radius 1 is 0.883 bits per heavy atom. The van der Waals surface area contributed by atoms with Crippen molar-refractivity contribution in [2.24, 2.45) is 28.6 Å². The largest absolute Gasteiger partial charge is 0.479 e. The summed E-state index contributed by atoms with van der Waals surface area (Å²) in [6.07, 6.45) is -4.93. The van der Waals surface area contributed by atoms with Gasteiger partial charge in [0.05, 0.1) is 25.0 Å². The van der Waals surface area contributed by atoms with E-state index in [0.717, 1.165) is 52.1 Å². The van der Waals surface area contributed by atoms with Crippen molar-refractivity contribution in [3.8, 4) is 0 Å². The number of aliphatic hydroxyl groups excluding tert-OH is 3. The third-order valence-corrected chi connectivity index (χ3v) is 14.5. The maximum atomic E-state index is 13.0. The van der Waals surface area contributed by atoms with E-state index in [4.69, 9.17) is 28.4 Å². The smallest absolute Gasteiger partial charge is 0.335 e. The van der Waals surface area contributed by atoms with E-state index >= 15 is 0 Å². The summed E-state index contributed by atoms with van der Waals surface area (Å²) in [5, 5.41) is 47.2. The van der Waals surface area contributed by atoms with E-state index in [1.54, 1.807) is 6.92 Å². The van der Waals surface area contributed by atoms with E-state index in [-0.39, 0.29) is 48.5 Å². The number of carboxylic acid groups (broad SMARTS) is 1. The molecule has 0 spiro atoms. The van der Waals surface area contributed by atoms with Crippen molar-refractivity contribution in [1.29, 1.82) is 0 Å². The standard InChI is InChI=1S/C42H62N2O16/c1-20-32(44-21(2)45)36(59-40-35(52)37(55-5)34(51)38(60-40)39(53)54)33(50)27(57-20)19-56-30(48)14-17-43-29(47)10-11-31(49)58-28-9-8-25-24-7-6-22-18-23(46)12-15-41(22,3)26(24)13-16-42(25,28)4/h18,20,24-28,32-38,40,50-52H,6-17,19H2,1-5H3,(H,43,47)(H,44,45)(H,53,54)/t20?,24-,25-,26-,27?,28-,32?,33?,34?,35?,36?,37?,38?,40?,41-,42-/m0/s1. The number of hydrogen-bond donors (Lipinski definition) is 6. The molecular weight excluding hydrogens is 788 g/mol. The summed E-state index contributed by atoms with van der Waals surface area (Å²) in [5.74, 6) is -1.92. The van der Waals surface area contributed by atoms with Gasteiger partial charge in [-0.05, 0) is 81.1 Å². The van der Waals surface area contributed by atoms with Crippen LogP contribution in [0.2, 0.25) is 0 Å². The minimum absolute atomic E-state index is 0.0669. The highest BCUT2D eigenvalue weighted by Crippen LogP contribution is 2.65. The van der Waals surface area contributed by atoms with Gasteiger partial charge in [-0.3, -0.25) is 24.0 Å². The lowest BCUT2D eigenvalue weighted by Gasteiger charge is -2.57. The van der Waals surface area contributed by atoms with E-state index in [0.29, 0.717) is 24.2 Å². The van der Waals surface area contributed by atoms with Gasteiger partial charge in [0.15, 0.2) is 18.2 Å². The first-order chi connectivity index (χ1) is 28.4. The molecule has 18 heteroatoms. The second-order valence-corrected chi connectivity index (χ2v) is 18.0. The van der Waals surface area contributed by atoms with Crippen LogP contribution in [-0.4, -0.2) is 143 Å². The first-order valence-corrected chi connectivity index (χ1v) is 21.3. The van der Waals surface area contributed by atoms with Crippen LogP contribution in [0, 0.1) is 28.6 Å². The molecule has 0 aromatic heterocycles. The second-order valence-electron chi connectivity index (χ2n) is 18.0. The molecule has 18 nitrogen and oxygen atoms in total. The number of rotatable bonds is 14. The fraction of sp³-hybridized carbons (Fsp3) is 0.810. The molecule has 6 N–H and O–H groups in total. The average molecular weight is 851 g/mol. The summed E-state index contributed by atoms with van der Waals surface area (Å²) >= 11 is 0. The molecule has 0 bridgehead atoms. The number of nitrogens with one attached hydrogen (secondary N) is 2. The van der Waals surface area contributed by atoms with E-state index in [1.807, 2.05) is 6.08 Å². The van der Waals surface area contributed by atoms with Crippen LogP contribution in [0.4, 0.5) is 0 Å². The maximum Gasteiger partial charge on any atom is 0.335 e. The molecule has 0 aromatic rings. The second kappa shape index (κ2) is 18.8. The van der Waals surface area contributed by atoms with Gasteiger partial charge in [-0.2, -0.15) is 0 Å². The zero-order valence-electron chi connectivity index (χ0n) is 35.0. The normalized spacial score (nSPS) is 41.1. The van der Waals surface area contributed by atoms with Crippen molar-refractivity contribution in [2.45, 2.75) is 166 Å². The summed E-state index contributed by atoms with van der Waals surface area (Å²) in [5.41, 5.74) is 1.26. The molecule has 5 fully saturated rings. The van der Waals surface area contributed by atoms with Gasteiger partial charge in [-0.1, -0.05) is 19.4 Å². The molecule has 2 amide bonds. The van der Waals surface area contributed by atoms with Crippen molar-refractivity contribution in [3.63, 3.8) is 0 Å². The minimum Gasteiger partial charge on any atom is -0.479 e. The number of ether oxygens (including phenoxy) is 6. The molecule has 3 saturated carbocycles. The fourth-order valence-corrected chi connectivity index (χ4v) is 11.2. The molecule has 10 unspecified atom stereocenters. The molecule has 2 saturated heterocycles. The molecule has 4 aliphatic carbocycles. The summed E-state index contributed by atoms with van der Waals surface area (Å²) in [6, 6.07) is -1.03. The van der Waals surface area contributed by atoms with Crippen LogP contribution >= 0.6 is 0 Å². The van der Waals surface area contributed by atoms with Crippen LogP contribution in [0.1, 0.15) is 98.3 Å². The van der Waals surface area contributed by atoms with Crippen molar-refractivity contribution >= 4 is 35.5 Å². The Hall–Kier alpha value is -3.52. The summed E-state index contributed by atoms with van der Waals surface area (Å²) in [4.78, 5) is 74.3. The summed E-state index contributed by atoms with van der Waals surface area (Å²) < 4.78 is 33.5. The first kappa shape index (κ1) is 46.0. The molecule has 60 heavy (non-hydrogen) atoms. The Morgan fingerprint density at radius 2 is 1.63 bits per heavy atom. The number of methoxy groups -OCH3 is 1. The predicted octanol–water partition coefficient (Wildman–Crippen LogP) is 0.844. The Bertz CT molecular complexity index is 1670. The van der Waals surface area contributed by atoms with Gasteiger partial charge in [0, 0.05) is 38.8 Å². The van der Waals surface area contributed by atoms with Gasteiger partial charge >= 0.3 is 17.9 Å². The number of allylic oxidation sites excluding steroid dienone is 1. The van der Waals surface area contributed by atoms with Crippen molar-refractivity contribution < 1.29 is 77.6 Å². The third kappa shape index (κ3) is 9.44. The number of carbonyl (C=O) groups is 6. The number of fused-ring (bicyclic) bond motifs is 5. The highest BCUT2D eigenvalue weighted by Gasteiger charge is 2.60. The monoisotopic (exact) mass is 850 g/mol. The molecular formula is C42H62N2O16. The van der Waals surface area contributed by atoms with Crippen molar-refractivity contribution in [1.82, 2.24) is 10.6 Å². The maximum absolute atomic E-state index is 13.0. The molecule has 0 radical (unpaired) electrons. The van der Waals surface area contributed by atoms with E-state index in [2.05, 4.69) is 24.5 Å². The van der Waals surface area contributed by atoms with Gasteiger partial charge in [0.25, 0.3) is 0 Å². The Morgan fingerprint density at radius 3 is 2.33 bits per heavy atom. The molecule has 2 aliphatic heterocycles. The SMILES string of the molecule is COC1C(O)C(OC2C(O)C(COC(=O)CCNC(=O)CCC(=O)O[C@H]3CC[C@H]4[C@@H]5CCC6=CC(=O)CC[C@]6(C)[C@H]5CC[C@]34C)OC(C)C2NC(C)=O)OC(C(=O)O)C1O. The summed E-state index contributed by atoms with van der Waals surface area (Å²) in [6.45, 7) is 6.82. The fourth-order valence-electron chi connectivity index (χ4n) is 11.2. The van der Waals surface area contributed by atoms with Crippen molar-refractivity contribution in [2.75, 3.05) is 20.3 Å². The number of carbonyl (C=O) groups excluding carboxylic acids is 5. The van der Waals surface area contributed by atoms with Crippen molar-refractivity contribution in [3.05, 3.63) is 11.6 Å². The predicted molar refractivity (Wildman–Crippen MR) is 206 cm³/mol. The lowest BCUT2D eigenvalue weighted by atomic mass is 9.47. The number of aliphatic hydroxyl groups is 3. The lowest BCUT2D eigenvalue weighted by molar-refractivity contribution is -0.327. The zero-order valence-corrected chi connectivity index (χ0v) is 35.0. The Kier molecular flexibility index (Phi) is 14.4. The average Bonchev–Trinajstić information content (AvgIpc) is 3.52. The van der Waals surface area contributed by atoms with Crippen LogP contribution in [-0.2, 0) is 57.2 Å². The van der Waals surface area contributed by atoms with Crippen LogP contribution in [0.15, 0.2) is 11.6 Å². The van der Waals surface area contributed by atoms with E-state index < -0.39 is 97.5 Å². The number of amides is 2. The molecule has 0 aromatic carbocycles. The van der Waals surface area contributed by atoms with Gasteiger partial charge in [-0.25, -0.2) is 4.79 Å². The molecule has 16 atom stereocenters. The van der Waals surface area contributed by atoms with Gasteiger partial charge in [-0.15, -0.1) is 0 Å². The number of hydrogen-bond acceptors (Lipinski definition) is 15. The molecule has 2 heterocycles. The van der Waals surface area contributed by atoms with Crippen LogP contribution in [0.25, 0.3) is 0 Å². The van der Waals surface area contributed by atoms with Gasteiger partial charge in [0.2, 0.25) is 11.8 Å². The number of ketones is 1. The Balaban J connectivity index is 0.933. The first-order valence-electron chi connectivity index (χ1n) is 21.3. The van der Waals surface area contributed by atoms with Gasteiger partial charge < -0.3 is 59.5 Å². The highest BCUT2D eigenvalue weighted by molar-refractivity contribution is 5.91. The number of esters is 2. The van der Waals surface area contributed by atoms with Crippen LogP contribution in [0.3, 0.4) is 0 Å². The van der Waals surface area contributed by atoms with E-state index in [1.165, 1.54) is 12.5 Å². The van der Waals surface area contributed by atoms with Crippen LogP contribution < -0.4 is 10.6 Å². The topological polar surface area (TPSA) is 263 Å². The molecule has 6 aliphatic rings. The number of aliphatic carboxylic acids is 1. The minimum atomic E-state index is -1.85. The van der Waals surface area contributed by atoms with E-state index in [9.17, 15) is 49.2 Å². The molecule has 6 rings (SSSR count). The zero-order chi connectivity index (χ0) is 43.7. The molecule has 336 valence electrons.